The SMILES string of the molecule is CN1CCCC(CCBr)C1. The summed E-state index contributed by atoms with van der Waals surface area (Å²) in [6.45, 7) is 2.62. The van der Waals surface area contributed by atoms with E-state index in [0.29, 0.717) is 0 Å². The lowest BCUT2D eigenvalue weighted by Gasteiger charge is -2.29. The van der Waals surface area contributed by atoms with Crippen LogP contribution in [-0.2, 0) is 0 Å². The van der Waals surface area contributed by atoms with Gasteiger partial charge >= 0.3 is 0 Å². The van der Waals surface area contributed by atoms with Gasteiger partial charge in [-0.2, -0.15) is 0 Å². The molecule has 0 spiro atoms. The Hall–Kier alpha value is 0.440. The van der Waals surface area contributed by atoms with E-state index < -0.39 is 0 Å². The van der Waals surface area contributed by atoms with Crippen LogP contribution in [0, 0.1) is 5.92 Å². The molecule has 0 aromatic carbocycles. The Labute approximate surface area is 71.9 Å². The number of hydrogen-bond acceptors (Lipinski definition) is 1. The molecule has 0 bridgehead atoms. The summed E-state index contributed by atoms with van der Waals surface area (Å²) in [5, 5.41) is 1.17. The Bertz CT molecular complexity index is 93.3. The van der Waals surface area contributed by atoms with Crippen LogP contribution >= 0.6 is 15.9 Å². The summed E-state index contributed by atoms with van der Waals surface area (Å²) in [6.07, 6.45) is 4.19. The first-order valence-corrected chi connectivity index (χ1v) is 5.19. The summed E-state index contributed by atoms with van der Waals surface area (Å²) < 4.78 is 0. The number of alkyl halides is 1. The van der Waals surface area contributed by atoms with Gasteiger partial charge in [-0.15, -0.1) is 0 Å². The Kier molecular flexibility index (Phi) is 3.71. The predicted octanol–water partition coefficient (Wildman–Crippen LogP) is 2.11. The molecular weight excluding hydrogens is 190 g/mol. The lowest BCUT2D eigenvalue weighted by atomic mass is 9.96. The van der Waals surface area contributed by atoms with Gasteiger partial charge in [0.05, 0.1) is 0 Å². The average Bonchev–Trinajstić information content (AvgIpc) is 1.88. The van der Waals surface area contributed by atoms with Crippen LogP contribution in [0.3, 0.4) is 0 Å². The first-order valence-electron chi connectivity index (χ1n) is 4.07. The lowest BCUT2D eigenvalue weighted by Crippen LogP contribution is -2.32. The fourth-order valence-corrected chi connectivity index (χ4v) is 2.31. The maximum absolute atomic E-state index is 3.49. The number of hydrogen-bond donors (Lipinski definition) is 0. The van der Waals surface area contributed by atoms with Crippen LogP contribution in [0.1, 0.15) is 19.3 Å². The van der Waals surface area contributed by atoms with Crippen molar-refractivity contribution < 1.29 is 0 Å². The second-order valence-electron chi connectivity index (χ2n) is 3.25. The number of halogens is 1. The molecule has 1 rings (SSSR count). The van der Waals surface area contributed by atoms with Crippen molar-refractivity contribution in [2.24, 2.45) is 5.92 Å². The molecule has 10 heavy (non-hydrogen) atoms. The normalized spacial score (nSPS) is 28.8. The molecule has 1 saturated heterocycles. The van der Waals surface area contributed by atoms with Gasteiger partial charge in [0.25, 0.3) is 0 Å². The second kappa shape index (κ2) is 4.35. The summed E-state index contributed by atoms with van der Waals surface area (Å²) in [6, 6.07) is 0. The van der Waals surface area contributed by atoms with Crippen molar-refractivity contribution >= 4 is 15.9 Å². The predicted molar refractivity (Wildman–Crippen MR) is 48.6 cm³/mol. The first-order chi connectivity index (χ1) is 4.83. The second-order valence-corrected chi connectivity index (χ2v) is 4.04. The number of piperidine rings is 1. The number of nitrogens with zero attached hydrogens (tertiary/aromatic N) is 1. The monoisotopic (exact) mass is 205 g/mol. The van der Waals surface area contributed by atoms with Crippen molar-refractivity contribution in [1.82, 2.24) is 4.90 Å². The van der Waals surface area contributed by atoms with Crippen LogP contribution in [0.25, 0.3) is 0 Å². The maximum atomic E-state index is 3.49. The molecule has 1 unspecified atom stereocenters. The Morgan fingerprint density at radius 3 is 3.00 bits per heavy atom. The van der Waals surface area contributed by atoms with Gasteiger partial charge in [0, 0.05) is 11.9 Å². The molecule has 2 heteroatoms. The van der Waals surface area contributed by atoms with Crippen molar-refractivity contribution in [3.8, 4) is 0 Å². The van der Waals surface area contributed by atoms with Crippen LogP contribution in [-0.4, -0.2) is 30.4 Å². The minimum Gasteiger partial charge on any atom is -0.306 e. The molecule has 0 saturated carbocycles. The van der Waals surface area contributed by atoms with Gasteiger partial charge in [-0.05, 0) is 38.8 Å². The van der Waals surface area contributed by atoms with Gasteiger partial charge in [0.1, 0.15) is 0 Å². The van der Waals surface area contributed by atoms with Crippen LogP contribution in [0.4, 0.5) is 0 Å². The Morgan fingerprint density at radius 1 is 1.60 bits per heavy atom. The zero-order valence-corrected chi connectivity index (χ0v) is 8.23. The molecule has 0 aromatic heterocycles. The van der Waals surface area contributed by atoms with Gasteiger partial charge in [0.2, 0.25) is 0 Å². The lowest BCUT2D eigenvalue weighted by molar-refractivity contribution is 0.207. The molecule has 1 aliphatic heterocycles. The first kappa shape index (κ1) is 8.54. The summed E-state index contributed by atoms with van der Waals surface area (Å²) >= 11 is 3.49. The summed E-state index contributed by atoms with van der Waals surface area (Å²) in [4.78, 5) is 2.44. The molecule has 1 nitrogen and oxygen atoms in total. The minimum atomic E-state index is 0.957. The smallest absolute Gasteiger partial charge is 0.00344 e. The summed E-state index contributed by atoms with van der Waals surface area (Å²) in [5.74, 6) is 0.957. The molecule has 1 heterocycles. The minimum absolute atomic E-state index is 0.957. The molecule has 0 radical (unpaired) electrons. The number of likely N-dealkylation sites (tertiary alicyclic amines) is 1. The van der Waals surface area contributed by atoms with Crippen molar-refractivity contribution in [3.05, 3.63) is 0 Å². The third kappa shape index (κ3) is 2.59. The van der Waals surface area contributed by atoms with Crippen LogP contribution in [0.15, 0.2) is 0 Å². The van der Waals surface area contributed by atoms with E-state index in [0.717, 1.165) is 5.92 Å². The standard InChI is InChI=1S/C8H16BrN/c1-10-6-2-3-8(7-10)4-5-9/h8H,2-7H2,1H3. The molecule has 60 valence electrons. The quantitative estimate of drug-likeness (QED) is 0.625. The van der Waals surface area contributed by atoms with E-state index >= 15 is 0 Å². The molecule has 0 aliphatic carbocycles. The van der Waals surface area contributed by atoms with E-state index in [9.17, 15) is 0 Å². The van der Waals surface area contributed by atoms with E-state index in [2.05, 4.69) is 27.9 Å². The topological polar surface area (TPSA) is 3.24 Å². The molecule has 1 atom stereocenters. The summed E-state index contributed by atoms with van der Waals surface area (Å²) in [7, 11) is 2.22. The van der Waals surface area contributed by atoms with Gasteiger partial charge in [0.15, 0.2) is 0 Å². The number of rotatable bonds is 2. The molecule has 0 aromatic rings. The van der Waals surface area contributed by atoms with E-state index in [1.807, 2.05) is 0 Å². The third-order valence-electron chi connectivity index (χ3n) is 2.24. The molecule has 1 aliphatic rings. The molecule has 0 N–H and O–H groups in total. The summed E-state index contributed by atoms with van der Waals surface area (Å²) in [5.41, 5.74) is 0. The van der Waals surface area contributed by atoms with E-state index in [1.165, 1.54) is 37.7 Å². The van der Waals surface area contributed by atoms with Crippen molar-refractivity contribution in [2.75, 3.05) is 25.5 Å². The molecule has 0 amide bonds. The Balaban J connectivity index is 2.18. The van der Waals surface area contributed by atoms with Crippen molar-refractivity contribution in [1.29, 1.82) is 0 Å². The highest BCUT2D eigenvalue weighted by atomic mass is 79.9. The maximum Gasteiger partial charge on any atom is 0.00344 e. The largest absolute Gasteiger partial charge is 0.306 e. The highest BCUT2D eigenvalue weighted by molar-refractivity contribution is 9.09. The van der Waals surface area contributed by atoms with Crippen LogP contribution < -0.4 is 0 Å². The average molecular weight is 206 g/mol. The van der Waals surface area contributed by atoms with Gasteiger partial charge in [-0.25, -0.2) is 0 Å². The van der Waals surface area contributed by atoms with Crippen LogP contribution in [0.2, 0.25) is 0 Å². The zero-order chi connectivity index (χ0) is 7.40. The zero-order valence-electron chi connectivity index (χ0n) is 6.65. The van der Waals surface area contributed by atoms with Crippen molar-refractivity contribution in [2.45, 2.75) is 19.3 Å². The fraction of sp³-hybridized carbons (Fsp3) is 1.00. The van der Waals surface area contributed by atoms with E-state index in [-0.39, 0.29) is 0 Å². The van der Waals surface area contributed by atoms with E-state index in [1.54, 1.807) is 0 Å². The third-order valence-corrected chi connectivity index (χ3v) is 2.70. The fourth-order valence-electron chi connectivity index (χ4n) is 1.66. The highest BCUT2D eigenvalue weighted by Crippen LogP contribution is 2.18. The van der Waals surface area contributed by atoms with Crippen LogP contribution in [0.5, 0.6) is 0 Å². The Morgan fingerprint density at radius 2 is 2.40 bits per heavy atom. The van der Waals surface area contributed by atoms with Gasteiger partial charge in [-0.3, -0.25) is 0 Å². The van der Waals surface area contributed by atoms with Gasteiger partial charge in [-0.1, -0.05) is 15.9 Å². The van der Waals surface area contributed by atoms with Crippen molar-refractivity contribution in [3.63, 3.8) is 0 Å². The highest BCUT2D eigenvalue weighted by Gasteiger charge is 2.15. The molecular formula is C8H16BrN. The molecule has 1 fully saturated rings. The van der Waals surface area contributed by atoms with E-state index in [4.69, 9.17) is 0 Å². The van der Waals surface area contributed by atoms with Gasteiger partial charge < -0.3 is 4.90 Å².